The van der Waals surface area contributed by atoms with E-state index in [1.807, 2.05) is 25.2 Å². The number of amides is 1. The zero-order valence-electron chi connectivity index (χ0n) is 16.9. The van der Waals surface area contributed by atoms with Crippen molar-refractivity contribution in [2.75, 3.05) is 53.0 Å². The van der Waals surface area contributed by atoms with Gasteiger partial charge >= 0.3 is 0 Å². The number of guanidine groups is 1. The quantitative estimate of drug-likeness (QED) is 0.352. The van der Waals surface area contributed by atoms with Gasteiger partial charge in [-0.3, -0.25) is 14.7 Å². The Balaban J connectivity index is 1.85. The second-order valence-electron chi connectivity index (χ2n) is 6.94. The van der Waals surface area contributed by atoms with E-state index in [2.05, 4.69) is 44.9 Å². The van der Waals surface area contributed by atoms with Crippen molar-refractivity contribution in [2.24, 2.45) is 10.9 Å². The second-order valence-corrected chi connectivity index (χ2v) is 8.26. The first-order valence-corrected chi connectivity index (χ1v) is 10.4. The molecule has 1 aliphatic rings. The number of rotatable bonds is 8. The number of carbonyl (C=O) groups excluding carboxylic acids is 1. The number of morpholine rings is 1. The zero-order chi connectivity index (χ0) is 19.6. The number of nitrogens with one attached hydrogen (secondary N) is 3. The van der Waals surface area contributed by atoms with E-state index in [1.54, 1.807) is 7.05 Å². The minimum absolute atomic E-state index is 0.00553. The molecule has 0 saturated carbocycles. The van der Waals surface area contributed by atoms with E-state index in [9.17, 15) is 4.79 Å². The lowest BCUT2D eigenvalue weighted by Crippen LogP contribution is -2.47. The fraction of sp³-hybridized carbons (Fsp3) is 0.684. The molecule has 0 spiro atoms. The van der Waals surface area contributed by atoms with Gasteiger partial charge in [0, 0.05) is 55.4 Å². The van der Waals surface area contributed by atoms with Crippen molar-refractivity contribution in [2.45, 2.75) is 26.8 Å². The summed E-state index contributed by atoms with van der Waals surface area (Å²) in [5.74, 6) is 0.825. The average molecular weight is 396 g/mol. The Morgan fingerprint density at radius 1 is 1.22 bits per heavy atom. The van der Waals surface area contributed by atoms with Gasteiger partial charge in [0.15, 0.2) is 5.96 Å². The van der Waals surface area contributed by atoms with Gasteiger partial charge in [-0.25, -0.2) is 0 Å². The van der Waals surface area contributed by atoms with Crippen LogP contribution >= 0.6 is 11.3 Å². The summed E-state index contributed by atoms with van der Waals surface area (Å²) >= 11 is 1.85. The highest BCUT2D eigenvalue weighted by Gasteiger charge is 2.24. The van der Waals surface area contributed by atoms with Crippen LogP contribution in [0.2, 0.25) is 0 Å². The summed E-state index contributed by atoms with van der Waals surface area (Å²) in [6.07, 6.45) is 0. The average Bonchev–Trinajstić information content (AvgIpc) is 3.10. The molecule has 1 aromatic heterocycles. The fourth-order valence-electron chi connectivity index (χ4n) is 2.92. The third-order valence-corrected chi connectivity index (χ3v) is 5.61. The van der Waals surface area contributed by atoms with Crippen molar-refractivity contribution < 1.29 is 9.53 Å². The van der Waals surface area contributed by atoms with Crippen LogP contribution in [0.4, 0.5) is 0 Å². The maximum Gasteiger partial charge on any atom is 0.222 e. The van der Waals surface area contributed by atoms with Crippen molar-refractivity contribution in [1.82, 2.24) is 20.9 Å². The third kappa shape index (κ3) is 7.12. The molecule has 1 saturated heterocycles. The molecule has 152 valence electrons. The van der Waals surface area contributed by atoms with E-state index in [0.29, 0.717) is 19.1 Å². The first kappa shape index (κ1) is 21.7. The number of carbonyl (C=O) groups is 1. The highest BCUT2D eigenvalue weighted by atomic mass is 32.1. The molecule has 1 aliphatic heterocycles. The Bertz CT molecular complexity index is 611. The van der Waals surface area contributed by atoms with Gasteiger partial charge in [-0.2, -0.15) is 0 Å². The van der Waals surface area contributed by atoms with Gasteiger partial charge in [-0.05, 0) is 19.1 Å². The Kier molecular flexibility index (Phi) is 9.03. The molecule has 7 nitrogen and oxygen atoms in total. The third-order valence-electron chi connectivity index (χ3n) is 4.50. The van der Waals surface area contributed by atoms with Crippen LogP contribution in [0.25, 0.3) is 0 Å². The zero-order valence-corrected chi connectivity index (χ0v) is 17.7. The van der Waals surface area contributed by atoms with Gasteiger partial charge in [0.2, 0.25) is 5.91 Å². The van der Waals surface area contributed by atoms with E-state index >= 15 is 0 Å². The Morgan fingerprint density at radius 3 is 2.52 bits per heavy atom. The molecule has 1 aromatic rings. The van der Waals surface area contributed by atoms with E-state index in [-0.39, 0.29) is 11.8 Å². The molecule has 2 rings (SSSR count). The van der Waals surface area contributed by atoms with E-state index in [1.165, 1.54) is 9.75 Å². The molecule has 2 heterocycles. The molecular formula is C19H33N5O2S. The van der Waals surface area contributed by atoms with Crippen LogP contribution in [0.15, 0.2) is 17.1 Å². The summed E-state index contributed by atoms with van der Waals surface area (Å²) in [5, 5.41) is 9.60. The van der Waals surface area contributed by atoms with Crippen molar-refractivity contribution >= 4 is 23.2 Å². The van der Waals surface area contributed by atoms with Crippen LogP contribution in [0.1, 0.15) is 29.6 Å². The molecule has 1 amide bonds. The smallest absolute Gasteiger partial charge is 0.222 e. The normalized spacial score (nSPS) is 17.0. The van der Waals surface area contributed by atoms with Crippen LogP contribution in [0.3, 0.4) is 0 Å². The number of aliphatic imine (C=N–C) groups is 1. The summed E-state index contributed by atoms with van der Waals surface area (Å²) in [6, 6.07) is 4.70. The highest BCUT2D eigenvalue weighted by molar-refractivity contribution is 7.12. The summed E-state index contributed by atoms with van der Waals surface area (Å²) in [5.41, 5.74) is 0. The molecule has 1 unspecified atom stereocenters. The molecular weight excluding hydrogens is 362 g/mol. The minimum atomic E-state index is 0.00553. The predicted molar refractivity (Wildman–Crippen MR) is 111 cm³/mol. The SMILES string of the molecule is CN=C(NCCNC(=O)C(C)C)NCC(c1ccc(C)s1)N1CCOCC1. The molecule has 3 N–H and O–H groups in total. The lowest BCUT2D eigenvalue weighted by Gasteiger charge is -2.34. The topological polar surface area (TPSA) is 78.0 Å². The Hall–Kier alpha value is -1.64. The van der Waals surface area contributed by atoms with Crippen molar-refractivity contribution in [3.05, 3.63) is 21.9 Å². The van der Waals surface area contributed by atoms with Crippen LogP contribution in [0.5, 0.6) is 0 Å². The van der Waals surface area contributed by atoms with E-state index in [4.69, 9.17) is 4.74 Å². The van der Waals surface area contributed by atoms with Crippen molar-refractivity contribution in [1.29, 1.82) is 0 Å². The lowest BCUT2D eigenvalue weighted by molar-refractivity contribution is -0.123. The molecule has 0 aromatic carbocycles. The highest BCUT2D eigenvalue weighted by Crippen LogP contribution is 2.27. The molecule has 0 radical (unpaired) electrons. The van der Waals surface area contributed by atoms with Crippen LogP contribution < -0.4 is 16.0 Å². The second kappa shape index (κ2) is 11.3. The molecule has 0 bridgehead atoms. The van der Waals surface area contributed by atoms with Gasteiger partial charge < -0.3 is 20.7 Å². The monoisotopic (exact) mass is 395 g/mol. The van der Waals surface area contributed by atoms with Gasteiger partial charge in [0.25, 0.3) is 0 Å². The lowest BCUT2D eigenvalue weighted by atomic mass is 10.2. The summed E-state index contributed by atoms with van der Waals surface area (Å²) < 4.78 is 5.51. The Labute approximate surface area is 166 Å². The maximum atomic E-state index is 11.6. The minimum Gasteiger partial charge on any atom is -0.379 e. The standard InChI is InChI=1S/C19H33N5O2S/c1-14(2)18(25)21-7-8-22-19(20-4)23-13-16(17-6-5-15(3)27-17)24-9-11-26-12-10-24/h5-6,14,16H,7-13H2,1-4H3,(H,21,25)(H2,20,22,23). The molecule has 8 heteroatoms. The molecule has 1 atom stereocenters. The largest absolute Gasteiger partial charge is 0.379 e. The van der Waals surface area contributed by atoms with Crippen molar-refractivity contribution in [3.8, 4) is 0 Å². The van der Waals surface area contributed by atoms with Gasteiger partial charge in [-0.1, -0.05) is 13.8 Å². The number of thiophene rings is 1. The molecule has 1 fully saturated rings. The van der Waals surface area contributed by atoms with E-state index in [0.717, 1.165) is 38.8 Å². The number of ether oxygens (including phenoxy) is 1. The van der Waals surface area contributed by atoms with E-state index < -0.39 is 0 Å². The summed E-state index contributed by atoms with van der Waals surface area (Å²) in [7, 11) is 1.76. The Morgan fingerprint density at radius 2 is 1.93 bits per heavy atom. The van der Waals surface area contributed by atoms with Crippen LogP contribution in [0, 0.1) is 12.8 Å². The van der Waals surface area contributed by atoms with Gasteiger partial charge in [0.05, 0.1) is 19.3 Å². The van der Waals surface area contributed by atoms with Crippen LogP contribution in [-0.2, 0) is 9.53 Å². The number of aryl methyl sites for hydroxylation is 1. The first-order valence-electron chi connectivity index (χ1n) is 9.61. The van der Waals surface area contributed by atoms with Gasteiger partial charge in [-0.15, -0.1) is 11.3 Å². The van der Waals surface area contributed by atoms with Crippen molar-refractivity contribution in [3.63, 3.8) is 0 Å². The molecule has 0 aliphatic carbocycles. The molecule has 27 heavy (non-hydrogen) atoms. The number of hydrogen-bond donors (Lipinski definition) is 3. The summed E-state index contributed by atoms with van der Waals surface area (Å²) in [6.45, 7) is 11.4. The number of hydrogen-bond acceptors (Lipinski definition) is 5. The maximum absolute atomic E-state index is 11.6. The van der Waals surface area contributed by atoms with Gasteiger partial charge in [0.1, 0.15) is 0 Å². The van der Waals surface area contributed by atoms with Crippen LogP contribution in [-0.4, -0.2) is 69.8 Å². The predicted octanol–water partition coefficient (Wildman–Crippen LogP) is 1.37. The first-order chi connectivity index (χ1) is 13.0. The summed E-state index contributed by atoms with van der Waals surface area (Å²) in [4.78, 5) is 21.1. The fourth-order valence-corrected chi connectivity index (χ4v) is 3.93. The number of nitrogens with zero attached hydrogens (tertiary/aromatic N) is 2.